The van der Waals surface area contributed by atoms with E-state index >= 15 is 0 Å². The number of halogens is 1. The highest BCUT2D eigenvalue weighted by atomic mass is 32.2. The van der Waals surface area contributed by atoms with Crippen molar-refractivity contribution < 1.29 is 4.39 Å². The smallest absolute Gasteiger partial charge is 0.137 e. The topological polar surface area (TPSA) is 26.0 Å². The second-order valence-electron chi connectivity index (χ2n) is 5.32. The van der Waals surface area contributed by atoms with E-state index in [9.17, 15) is 4.39 Å². The maximum atomic E-state index is 14.1. The average molecular weight is 303 g/mol. The van der Waals surface area contributed by atoms with Gasteiger partial charge in [0, 0.05) is 16.7 Å². The summed E-state index contributed by atoms with van der Waals surface area (Å²) in [5.41, 5.74) is 9.53. The molecule has 1 nitrogen and oxygen atoms in total. The van der Waals surface area contributed by atoms with Crippen LogP contribution in [0.25, 0.3) is 0 Å². The van der Waals surface area contributed by atoms with Crippen LogP contribution in [0.5, 0.6) is 0 Å². The van der Waals surface area contributed by atoms with Crippen LogP contribution < -0.4 is 5.73 Å². The fourth-order valence-corrected chi connectivity index (χ4v) is 3.39. The van der Waals surface area contributed by atoms with Crippen LogP contribution in [-0.2, 0) is 12.2 Å². The van der Waals surface area contributed by atoms with Crippen molar-refractivity contribution in [3.05, 3.63) is 65.0 Å². The molecule has 0 aliphatic rings. The standard InChI is InChI=1S/C18H22FNS/c1-3-16(20)11-14-9-6-10-17(19)18(14)21-12-15-8-5-4-7-13(15)2/h4-10,16H,3,11-12,20H2,1-2H3. The first kappa shape index (κ1) is 16.1. The molecule has 1 atom stereocenters. The monoisotopic (exact) mass is 303 g/mol. The third-order valence-corrected chi connectivity index (χ3v) is 4.89. The minimum atomic E-state index is -0.144. The predicted molar refractivity (Wildman–Crippen MR) is 89.1 cm³/mol. The molecule has 1 unspecified atom stereocenters. The second-order valence-corrected chi connectivity index (χ2v) is 6.30. The van der Waals surface area contributed by atoms with Crippen molar-refractivity contribution >= 4 is 11.8 Å². The molecule has 112 valence electrons. The zero-order chi connectivity index (χ0) is 15.2. The minimum Gasteiger partial charge on any atom is -0.327 e. The fraction of sp³-hybridized carbons (Fsp3) is 0.333. The van der Waals surface area contributed by atoms with Crippen LogP contribution in [0.4, 0.5) is 4.39 Å². The Morgan fingerprint density at radius 1 is 1.10 bits per heavy atom. The van der Waals surface area contributed by atoms with Gasteiger partial charge >= 0.3 is 0 Å². The number of hydrogen-bond acceptors (Lipinski definition) is 2. The lowest BCUT2D eigenvalue weighted by Gasteiger charge is -2.14. The maximum absolute atomic E-state index is 14.1. The Balaban J connectivity index is 2.17. The Kier molecular flexibility index (Phi) is 5.83. The summed E-state index contributed by atoms with van der Waals surface area (Å²) in [4.78, 5) is 0.740. The summed E-state index contributed by atoms with van der Waals surface area (Å²) in [6, 6.07) is 13.6. The van der Waals surface area contributed by atoms with Gasteiger partial charge in [-0.25, -0.2) is 4.39 Å². The molecule has 21 heavy (non-hydrogen) atoms. The molecular formula is C18H22FNS. The lowest BCUT2D eigenvalue weighted by Crippen LogP contribution is -2.21. The van der Waals surface area contributed by atoms with Crippen molar-refractivity contribution in [3.63, 3.8) is 0 Å². The Morgan fingerprint density at radius 2 is 1.81 bits per heavy atom. The van der Waals surface area contributed by atoms with Crippen LogP contribution in [0.15, 0.2) is 47.4 Å². The lowest BCUT2D eigenvalue weighted by atomic mass is 10.0. The van der Waals surface area contributed by atoms with Crippen molar-refractivity contribution in [1.29, 1.82) is 0 Å². The van der Waals surface area contributed by atoms with Gasteiger partial charge in [-0.15, -0.1) is 11.8 Å². The molecule has 0 aliphatic heterocycles. The first-order chi connectivity index (χ1) is 10.1. The van der Waals surface area contributed by atoms with Gasteiger partial charge in [-0.05, 0) is 42.5 Å². The van der Waals surface area contributed by atoms with E-state index in [0.29, 0.717) is 0 Å². The van der Waals surface area contributed by atoms with E-state index in [-0.39, 0.29) is 11.9 Å². The van der Waals surface area contributed by atoms with Crippen molar-refractivity contribution in [2.75, 3.05) is 0 Å². The number of benzene rings is 2. The Hall–Kier alpha value is -1.32. The molecule has 0 fully saturated rings. The van der Waals surface area contributed by atoms with E-state index in [1.54, 1.807) is 17.8 Å². The summed E-state index contributed by atoms with van der Waals surface area (Å²) in [7, 11) is 0. The van der Waals surface area contributed by atoms with E-state index in [4.69, 9.17) is 5.73 Å². The molecule has 0 aromatic heterocycles. The number of hydrogen-bond donors (Lipinski definition) is 1. The van der Waals surface area contributed by atoms with Gasteiger partial charge in [-0.1, -0.05) is 43.3 Å². The summed E-state index contributed by atoms with van der Waals surface area (Å²) in [6.45, 7) is 4.15. The molecule has 0 radical (unpaired) electrons. The number of aryl methyl sites for hydroxylation is 1. The summed E-state index contributed by atoms with van der Waals surface area (Å²) in [5, 5.41) is 0. The van der Waals surface area contributed by atoms with Gasteiger partial charge in [-0.2, -0.15) is 0 Å². The third kappa shape index (κ3) is 4.32. The molecule has 0 aliphatic carbocycles. The van der Waals surface area contributed by atoms with Crippen LogP contribution in [-0.4, -0.2) is 6.04 Å². The SMILES string of the molecule is CCC(N)Cc1cccc(F)c1SCc1ccccc1C. The highest BCUT2D eigenvalue weighted by Gasteiger charge is 2.12. The van der Waals surface area contributed by atoms with E-state index in [0.717, 1.165) is 29.1 Å². The van der Waals surface area contributed by atoms with Gasteiger partial charge < -0.3 is 5.73 Å². The maximum Gasteiger partial charge on any atom is 0.137 e. The van der Waals surface area contributed by atoms with Crippen molar-refractivity contribution in [3.8, 4) is 0 Å². The van der Waals surface area contributed by atoms with Crippen LogP contribution >= 0.6 is 11.8 Å². The van der Waals surface area contributed by atoms with Crippen LogP contribution in [0.3, 0.4) is 0 Å². The molecule has 2 aromatic carbocycles. The fourth-order valence-electron chi connectivity index (χ4n) is 2.22. The zero-order valence-electron chi connectivity index (χ0n) is 12.6. The molecule has 2 N–H and O–H groups in total. The first-order valence-electron chi connectivity index (χ1n) is 7.32. The van der Waals surface area contributed by atoms with Crippen LogP contribution in [0.1, 0.15) is 30.0 Å². The Labute approximate surface area is 130 Å². The van der Waals surface area contributed by atoms with Gasteiger partial charge in [-0.3, -0.25) is 0 Å². The van der Waals surface area contributed by atoms with E-state index in [1.165, 1.54) is 17.2 Å². The van der Waals surface area contributed by atoms with Crippen molar-refractivity contribution in [1.82, 2.24) is 0 Å². The van der Waals surface area contributed by atoms with Gasteiger partial charge in [0.2, 0.25) is 0 Å². The van der Waals surface area contributed by atoms with Crippen molar-refractivity contribution in [2.24, 2.45) is 5.73 Å². The van der Waals surface area contributed by atoms with Crippen LogP contribution in [0, 0.1) is 12.7 Å². The van der Waals surface area contributed by atoms with Gasteiger partial charge in [0.15, 0.2) is 0 Å². The summed E-state index contributed by atoms with van der Waals surface area (Å²) in [5.74, 6) is 0.636. The zero-order valence-corrected chi connectivity index (χ0v) is 13.4. The molecule has 0 saturated carbocycles. The Bertz CT molecular complexity index is 598. The average Bonchev–Trinajstić information content (AvgIpc) is 2.48. The number of nitrogens with two attached hydrogens (primary N) is 1. The summed E-state index contributed by atoms with van der Waals surface area (Å²) < 4.78 is 14.1. The summed E-state index contributed by atoms with van der Waals surface area (Å²) >= 11 is 1.56. The van der Waals surface area contributed by atoms with E-state index < -0.39 is 0 Å². The van der Waals surface area contributed by atoms with E-state index in [1.807, 2.05) is 18.2 Å². The molecule has 0 spiro atoms. The molecule has 0 saturated heterocycles. The quantitative estimate of drug-likeness (QED) is 0.782. The highest BCUT2D eigenvalue weighted by molar-refractivity contribution is 7.98. The largest absolute Gasteiger partial charge is 0.327 e. The van der Waals surface area contributed by atoms with Crippen molar-refractivity contribution in [2.45, 2.75) is 43.4 Å². The third-order valence-electron chi connectivity index (χ3n) is 3.69. The molecule has 2 rings (SSSR count). The van der Waals surface area contributed by atoms with Gasteiger partial charge in [0.05, 0.1) is 0 Å². The summed E-state index contributed by atoms with van der Waals surface area (Å²) in [6.07, 6.45) is 1.63. The second kappa shape index (κ2) is 7.62. The molecule has 2 aromatic rings. The molecule has 0 heterocycles. The molecular weight excluding hydrogens is 281 g/mol. The number of rotatable bonds is 6. The van der Waals surface area contributed by atoms with Crippen LogP contribution in [0.2, 0.25) is 0 Å². The lowest BCUT2D eigenvalue weighted by molar-refractivity contribution is 0.585. The first-order valence-corrected chi connectivity index (χ1v) is 8.30. The predicted octanol–water partition coefficient (Wildman–Crippen LogP) is 4.71. The highest BCUT2D eigenvalue weighted by Crippen LogP contribution is 2.30. The van der Waals surface area contributed by atoms with Gasteiger partial charge in [0.1, 0.15) is 5.82 Å². The molecule has 0 amide bonds. The normalized spacial score (nSPS) is 12.4. The van der Waals surface area contributed by atoms with E-state index in [2.05, 4.69) is 26.0 Å². The molecule has 3 heteroatoms. The molecule has 0 bridgehead atoms. The minimum absolute atomic E-state index is 0.0876. The number of thioether (sulfide) groups is 1. The Morgan fingerprint density at radius 3 is 2.52 bits per heavy atom. The van der Waals surface area contributed by atoms with Gasteiger partial charge in [0.25, 0.3) is 0 Å².